The maximum atomic E-state index is 12.7. The molecular formula is C18H22N2O2. The first-order chi connectivity index (χ1) is 10.6. The van der Waals surface area contributed by atoms with E-state index < -0.39 is 0 Å². The monoisotopic (exact) mass is 298 g/mol. The van der Waals surface area contributed by atoms with Gasteiger partial charge in [0.15, 0.2) is 0 Å². The van der Waals surface area contributed by atoms with Crippen LogP contribution in [0.15, 0.2) is 29.2 Å². The number of carbonyl (C=O) groups excluding carboxylic acids is 1. The van der Waals surface area contributed by atoms with Gasteiger partial charge in [0.25, 0.3) is 5.91 Å². The molecule has 1 N–H and O–H groups in total. The molecule has 0 saturated carbocycles. The van der Waals surface area contributed by atoms with Gasteiger partial charge in [0.05, 0.1) is 5.52 Å². The third-order valence-electron chi connectivity index (χ3n) is 4.56. The van der Waals surface area contributed by atoms with Crippen molar-refractivity contribution in [3.05, 3.63) is 45.7 Å². The number of aromatic amines is 1. The molecule has 0 bridgehead atoms. The Morgan fingerprint density at radius 3 is 2.95 bits per heavy atom. The number of carbonyl (C=O) groups is 1. The van der Waals surface area contributed by atoms with Crippen LogP contribution in [-0.4, -0.2) is 28.9 Å². The summed E-state index contributed by atoms with van der Waals surface area (Å²) in [6.45, 7) is 5.69. The van der Waals surface area contributed by atoms with Crippen LogP contribution < -0.4 is 5.43 Å². The van der Waals surface area contributed by atoms with E-state index in [4.69, 9.17) is 0 Å². The summed E-state index contributed by atoms with van der Waals surface area (Å²) in [6, 6.07) is 5.68. The van der Waals surface area contributed by atoms with Crippen molar-refractivity contribution >= 4 is 16.8 Å². The molecule has 4 nitrogen and oxygen atoms in total. The normalized spacial score (nSPS) is 18.6. The number of pyridine rings is 1. The summed E-state index contributed by atoms with van der Waals surface area (Å²) in [7, 11) is 0. The van der Waals surface area contributed by atoms with E-state index in [0.29, 0.717) is 11.3 Å². The van der Waals surface area contributed by atoms with Crippen LogP contribution in [0.3, 0.4) is 0 Å². The van der Waals surface area contributed by atoms with Crippen molar-refractivity contribution in [3.8, 4) is 0 Å². The van der Waals surface area contributed by atoms with Crippen molar-refractivity contribution in [2.75, 3.05) is 13.1 Å². The SMILES string of the molecule is CCc1cccc2c(=O)c(C(=O)N3CCC[C@H](C)C3)c[nH]c12. The summed E-state index contributed by atoms with van der Waals surface area (Å²) in [6.07, 6.45) is 4.60. The Hall–Kier alpha value is -2.10. The van der Waals surface area contributed by atoms with Gasteiger partial charge in [0, 0.05) is 24.7 Å². The van der Waals surface area contributed by atoms with Crippen LogP contribution in [0.1, 0.15) is 42.6 Å². The van der Waals surface area contributed by atoms with E-state index >= 15 is 0 Å². The van der Waals surface area contributed by atoms with Gasteiger partial charge >= 0.3 is 0 Å². The van der Waals surface area contributed by atoms with Crippen molar-refractivity contribution in [1.29, 1.82) is 0 Å². The molecule has 0 spiro atoms. The van der Waals surface area contributed by atoms with Crippen LogP contribution in [-0.2, 0) is 6.42 Å². The minimum atomic E-state index is -0.160. The lowest BCUT2D eigenvalue weighted by Crippen LogP contribution is -2.41. The zero-order chi connectivity index (χ0) is 15.7. The number of piperidine rings is 1. The highest BCUT2D eigenvalue weighted by atomic mass is 16.2. The van der Waals surface area contributed by atoms with Gasteiger partial charge < -0.3 is 9.88 Å². The van der Waals surface area contributed by atoms with Gasteiger partial charge in [-0.3, -0.25) is 9.59 Å². The van der Waals surface area contributed by atoms with Crippen LogP contribution in [0, 0.1) is 5.92 Å². The number of para-hydroxylation sites is 1. The van der Waals surface area contributed by atoms with Crippen LogP contribution in [0.25, 0.3) is 10.9 Å². The van der Waals surface area contributed by atoms with E-state index in [1.807, 2.05) is 17.0 Å². The Bertz CT molecular complexity index is 763. The molecule has 22 heavy (non-hydrogen) atoms. The number of fused-ring (bicyclic) bond motifs is 1. The number of hydrogen-bond donors (Lipinski definition) is 1. The van der Waals surface area contributed by atoms with Crippen molar-refractivity contribution in [2.45, 2.75) is 33.1 Å². The van der Waals surface area contributed by atoms with Crippen LogP contribution >= 0.6 is 0 Å². The number of rotatable bonds is 2. The van der Waals surface area contributed by atoms with E-state index in [-0.39, 0.29) is 16.9 Å². The lowest BCUT2D eigenvalue weighted by Gasteiger charge is -2.30. The molecule has 1 aliphatic rings. The molecule has 2 aromatic rings. The van der Waals surface area contributed by atoms with Crippen molar-refractivity contribution in [3.63, 3.8) is 0 Å². The number of nitrogens with one attached hydrogen (secondary N) is 1. The maximum absolute atomic E-state index is 12.7. The number of likely N-dealkylation sites (tertiary alicyclic amines) is 1. The van der Waals surface area contributed by atoms with Gasteiger partial charge in [-0.05, 0) is 36.8 Å². The van der Waals surface area contributed by atoms with E-state index in [9.17, 15) is 9.59 Å². The van der Waals surface area contributed by atoms with Gasteiger partial charge in [-0.15, -0.1) is 0 Å². The zero-order valence-corrected chi connectivity index (χ0v) is 13.2. The molecule has 2 heterocycles. The Balaban J connectivity index is 2.03. The zero-order valence-electron chi connectivity index (χ0n) is 13.2. The molecule has 3 rings (SSSR count). The van der Waals surface area contributed by atoms with Crippen LogP contribution in [0.2, 0.25) is 0 Å². The average Bonchev–Trinajstić information content (AvgIpc) is 2.54. The first kappa shape index (κ1) is 14.8. The summed E-state index contributed by atoms with van der Waals surface area (Å²) in [5.41, 5.74) is 2.04. The predicted molar refractivity (Wildman–Crippen MR) is 88.2 cm³/mol. The molecule has 1 aliphatic heterocycles. The maximum Gasteiger partial charge on any atom is 0.259 e. The number of benzene rings is 1. The fourth-order valence-electron chi connectivity index (χ4n) is 3.31. The number of aryl methyl sites for hydroxylation is 1. The van der Waals surface area contributed by atoms with Gasteiger partial charge in [0.2, 0.25) is 5.43 Å². The highest BCUT2D eigenvalue weighted by Gasteiger charge is 2.24. The molecule has 4 heteroatoms. The fraction of sp³-hybridized carbons (Fsp3) is 0.444. The van der Waals surface area contributed by atoms with Crippen LogP contribution in [0.5, 0.6) is 0 Å². The summed E-state index contributed by atoms with van der Waals surface area (Å²) in [5.74, 6) is 0.362. The minimum absolute atomic E-state index is 0.142. The first-order valence-corrected chi connectivity index (χ1v) is 8.04. The smallest absolute Gasteiger partial charge is 0.259 e. The standard InChI is InChI=1S/C18H22N2O2/c1-3-13-7-4-8-14-16(13)19-10-15(17(14)21)18(22)20-9-5-6-12(2)11-20/h4,7-8,10,12H,3,5-6,9,11H2,1-2H3,(H,19,21)/t12-/m0/s1. The topological polar surface area (TPSA) is 53.2 Å². The van der Waals surface area contributed by atoms with Crippen molar-refractivity contribution < 1.29 is 4.79 Å². The summed E-state index contributed by atoms with van der Waals surface area (Å²) >= 11 is 0. The molecular weight excluding hydrogens is 276 g/mol. The molecule has 116 valence electrons. The molecule has 1 aromatic carbocycles. The van der Waals surface area contributed by atoms with Gasteiger partial charge in [-0.25, -0.2) is 0 Å². The highest BCUT2D eigenvalue weighted by Crippen LogP contribution is 2.19. The number of hydrogen-bond acceptors (Lipinski definition) is 2. The molecule has 0 aliphatic carbocycles. The second-order valence-electron chi connectivity index (χ2n) is 6.22. The number of aromatic nitrogens is 1. The first-order valence-electron chi connectivity index (χ1n) is 8.04. The Labute approximate surface area is 130 Å². The summed E-state index contributed by atoms with van der Waals surface area (Å²) in [4.78, 5) is 30.3. The molecule has 0 radical (unpaired) electrons. The highest BCUT2D eigenvalue weighted by molar-refractivity contribution is 5.97. The third-order valence-corrected chi connectivity index (χ3v) is 4.56. The second-order valence-corrected chi connectivity index (χ2v) is 6.22. The third kappa shape index (κ3) is 2.54. The molecule has 1 aromatic heterocycles. The van der Waals surface area contributed by atoms with E-state index in [2.05, 4.69) is 18.8 Å². The molecule has 0 unspecified atom stereocenters. The predicted octanol–water partition coefficient (Wildman–Crippen LogP) is 2.96. The Kier molecular flexibility index (Phi) is 4.01. The molecule has 1 atom stereocenters. The van der Waals surface area contributed by atoms with Gasteiger partial charge in [0.1, 0.15) is 5.56 Å². The van der Waals surface area contributed by atoms with Gasteiger partial charge in [-0.2, -0.15) is 0 Å². The number of amides is 1. The minimum Gasteiger partial charge on any atom is -0.360 e. The molecule has 1 fully saturated rings. The van der Waals surface area contributed by atoms with Crippen molar-refractivity contribution in [1.82, 2.24) is 9.88 Å². The quantitative estimate of drug-likeness (QED) is 0.926. The van der Waals surface area contributed by atoms with Crippen molar-refractivity contribution in [2.24, 2.45) is 5.92 Å². The number of H-pyrrole nitrogens is 1. The van der Waals surface area contributed by atoms with E-state index in [1.54, 1.807) is 12.3 Å². The fourth-order valence-corrected chi connectivity index (χ4v) is 3.31. The van der Waals surface area contributed by atoms with Crippen LogP contribution in [0.4, 0.5) is 0 Å². The average molecular weight is 298 g/mol. The molecule has 1 saturated heterocycles. The summed E-state index contributed by atoms with van der Waals surface area (Å²) < 4.78 is 0. The second kappa shape index (κ2) is 5.95. The van der Waals surface area contributed by atoms with E-state index in [0.717, 1.165) is 43.4 Å². The Morgan fingerprint density at radius 2 is 2.23 bits per heavy atom. The molecule has 1 amide bonds. The number of nitrogens with zero attached hydrogens (tertiary/aromatic N) is 1. The van der Waals surface area contributed by atoms with E-state index in [1.165, 1.54) is 0 Å². The van der Waals surface area contributed by atoms with Gasteiger partial charge in [-0.1, -0.05) is 26.0 Å². The lowest BCUT2D eigenvalue weighted by molar-refractivity contribution is 0.0681. The lowest BCUT2D eigenvalue weighted by atomic mass is 9.99. The summed E-state index contributed by atoms with van der Waals surface area (Å²) in [5, 5.41) is 0.607. The largest absolute Gasteiger partial charge is 0.360 e. The Morgan fingerprint density at radius 1 is 1.41 bits per heavy atom.